The van der Waals surface area contributed by atoms with Crippen molar-refractivity contribution in [1.29, 1.82) is 0 Å². The number of hydrogen-bond donors (Lipinski definition) is 0. The van der Waals surface area contributed by atoms with Gasteiger partial charge in [-0.15, -0.1) is 0 Å². The van der Waals surface area contributed by atoms with Gasteiger partial charge in [0.05, 0.1) is 11.4 Å². The molecule has 1 aliphatic carbocycles. The minimum atomic E-state index is -0.477. The van der Waals surface area contributed by atoms with Crippen LogP contribution in [0.3, 0.4) is 0 Å². The first-order valence-corrected chi connectivity index (χ1v) is 10.5. The molecule has 7 nitrogen and oxygen atoms in total. The zero-order chi connectivity index (χ0) is 20.4. The molecule has 1 amide bonds. The number of cyclic esters (lactones) is 1. The first kappa shape index (κ1) is 19.3. The van der Waals surface area contributed by atoms with Crippen molar-refractivity contribution in [2.75, 3.05) is 5.75 Å². The van der Waals surface area contributed by atoms with Gasteiger partial charge in [-0.05, 0) is 48.8 Å². The molecule has 3 aliphatic rings. The normalized spacial score (nSPS) is 20.2. The minimum absolute atomic E-state index is 0.168. The number of thioether (sulfide) groups is 1. The number of nitrogens with zero attached hydrogens (tertiary/aromatic N) is 4. The van der Waals surface area contributed by atoms with Crippen molar-refractivity contribution in [3.05, 3.63) is 58.9 Å². The summed E-state index contributed by atoms with van der Waals surface area (Å²) in [5, 5.41) is 6.43. The number of benzene rings is 1. The molecule has 29 heavy (non-hydrogen) atoms. The Balaban J connectivity index is 1.73. The van der Waals surface area contributed by atoms with Crippen molar-refractivity contribution >= 4 is 40.4 Å². The number of rotatable bonds is 3. The lowest BCUT2D eigenvalue weighted by Crippen LogP contribution is -2.34. The van der Waals surface area contributed by atoms with Crippen LogP contribution >= 0.6 is 11.8 Å². The van der Waals surface area contributed by atoms with Gasteiger partial charge in [-0.3, -0.25) is 4.79 Å². The van der Waals surface area contributed by atoms with Crippen LogP contribution in [0.5, 0.6) is 0 Å². The first-order valence-electron chi connectivity index (χ1n) is 9.48. The Kier molecular flexibility index (Phi) is 5.44. The Bertz CT molecular complexity index is 1020. The number of amidine groups is 1. The predicted octanol–water partition coefficient (Wildman–Crippen LogP) is 3.64. The summed E-state index contributed by atoms with van der Waals surface area (Å²) >= 11 is 1.46. The molecule has 0 radical (unpaired) electrons. The van der Waals surface area contributed by atoms with Crippen molar-refractivity contribution < 1.29 is 14.3 Å². The Morgan fingerprint density at radius 1 is 1.24 bits per heavy atom. The highest BCUT2D eigenvalue weighted by atomic mass is 32.2. The van der Waals surface area contributed by atoms with Crippen LogP contribution in [0.4, 0.5) is 0 Å². The summed E-state index contributed by atoms with van der Waals surface area (Å²) in [5.41, 5.74) is 3.38. The number of hydrazone groups is 1. The van der Waals surface area contributed by atoms with E-state index in [9.17, 15) is 9.59 Å². The summed E-state index contributed by atoms with van der Waals surface area (Å²) in [6, 6.07) is 9.32. The number of carbonyl (C=O) groups excluding carboxylic acids is 2. The van der Waals surface area contributed by atoms with E-state index >= 15 is 0 Å². The lowest BCUT2D eigenvalue weighted by atomic mass is 9.94. The zero-order valence-corrected chi connectivity index (χ0v) is 17.0. The molecule has 1 aromatic rings. The van der Waals surface area contributed by atoms with Gasteiger partial charge in [0.15, 0.2) is 10.9 Å². The van der Waals surface area contributed by atoms with Gasteiger partial charge >= 0.3 is 5.97 Å². The van der Waals surface area contributed by atoms with Crippen LogP contribution < -0.4 is 0 Å². The smallest absolute Gasteiger partial charge is 0.363 e. The molecule has 0 spiro atoms. The Labute approximate surface area is 172 Å². The van der Waals surface area contributed by atoms with Gasteiger partial charge in [-0.2, -0.15) is 10.1 Å². The SMILES string of the molecule is CCSC1=NC2=C(/C=C3/N=C(c4ccccc4)OC3=O)CCCC2=NN1C(C)=O. The van der Waals surface area contributed by atoms with Gasteiger partial charge in [0.1, 0.15) is 0 Å². The highest BCUT2D eigenvalue weighted by Gasteiger charge is 2.30. The maximum atomic E-state index is 12.3. The molecule has 0 saturated carbocycles. The third kappa shape index (κ3) is 3.93. The van der Waals surface area contributed by atoms with Crippen molar-refractivity contribution in [2.24, 2.45) is 15.1 Å². The third-order valence-corrected chi connectivity index (χ3v) is 5.38. The van der Waals surface area contributed by atoms with Crippen LogP contribution in [-0.4, -0.2) is 39.4 Å². The molecule has 2 heterocycles. The molecule has 0 unspecified atom stereocenters. The topological polar surface area (TPSA) is 83.7 Å². The molecule has 4 rings (SSSR count). The average Bonchev–Trinajstić information content (AvgIpc) is 3.09. The molecule has 2 aliphatic heterocycles. The fourth-order valence-electron chi connectivity index (χ4n) is 3.26. The monoisotopic (exact) mass is 408 g/mol. The minimum Gasteiger partial charge on any atom is -0.402 e. The number of amides is 1. The molecular formula is C21H20N4O3S. The van der Waals surface area contributed by atoms with Crippen LogP contribution in [0.15, 0.2) is 68.5 Å². The van der Waals surface area contributed by atoms with E-state index in [-0.39, 0.29) is 11.6 Å². The van der Waals surface area contributed by atoms with Crippen molar-refractivity contribution in [3.8, 4) is 0 Å². The van der Waals surface area contributed by atoms with Crippen LogP contribution in [0.2, 0.25) is 0 Å². The molecular weight excluding hydrogens is 388 g/mol. The second kappa shape index (κ2) is 8.16. The van der Waals surface area contributed by atoms with Gasteiger partial charge in [0, 0.05) is 12.5 Å². The van der Waals surface area contributed by atoms with Gasteiger partial charge in [-0.1, -0.05) is 36.9 Å². The number of carbonyl (C=O) groups is 2. The lowest BCUT2D eigenvalue weighted by Gasteiger charge is -2.27. The molecule has 0 fully saturated rings. The van der Waals surface area contributed by atoms with Crippen molar-refractivity contribution in [2.45, 2.75) is 33.1 Å². The average molecular weight is 408 g/mol. The number of allylic oxidation sites excluding steroid dienone is 3. The quantitative estimate of drug-likeness (QED) is 0.565. The standard InChI is InChI=1S/C21H20N4O3S/c1-3-29-21-23-18-15(10-7-11-16(18)24-25(21)13(2)26)12-17-20(27)28-19(22-17)14-8-5-4-6-9-14/h4-6,8-9,12H,3,7,10-11H2,1-2H3/b17-12+. The Morgan fingerprint density at radius 3 is 2.76 bits per heavy atom. The summed E-state index contributed by atoms with van der Waals surface area (Å²) in [7, 11) is 0. The van der Waals surface area contributed by atoms with Crippen molar-refractivity contribution in [1.82, 2.24) is 5.01 Å². The van der Waals surface area contributed by atoms with Gasteiger partial charge in [0.25, 0.3) is 0 Å². The van der Waals surface area contributed by atoms with Crippen LogP contribution in [0.1, 0.15) is 38.7 Å². The second-order valence-corrected chi connectivity index (χ2v) is 7.87. The van der Waals surface area contributed by atoms with Gasteiger partial charge in [0.2, 0.25) is 11.8 Å². The predicted molar refractivity (Wildman–Crippen MR) is 114 cm³/mol. The number of ether oxygens (including phenoxy) is 1. The molecule has 0 atom stereocenters. The van der Waals surface area contributed by atoms with Crippen LogP contribution in [0.25, 0.3) is 0 Å². The fraction of sp³-hybridized carbons (Fsp3) is 0.286. The highest BCUT2D eigenvalue weighted by Crippen LogP contribution is 2.31. The summed E-state index contributed by atoms with van der Waals surface area (Å²) in [5.74, 6) is 0.426. The molecule has 0 N–H and O–H groups in total. The van der Waals surface area contributed by atoms with E-state index in [4.69, 9.17) is 9.73 Å². The highest BCUT2D eigenvalue weighted by molar-refractivity contribution is 8.13. The van der Waals surface area contributed by atoms with Crippen LogP contribution in [-0.2, 0) is 14.3 Å². The second-order valence-electron chi connectivity index (χ2n) is 6.63. The number of fused-ring (bicyclic) bond motifs is 1. The molecule has 1 aromatic carbocycles. The molecule has 0 bridgehead atoms. The van der Waals surface area contributed by atoms with E-state index in [2.05, 4.69) is 10.1 Å². The van der Waals surface area contributed by atoms with E-state index in [1.54, 1.807) is 6.08 Å². The lowest BCUT2D eigenvalue weighted by molar-refractivity contribution is -0.130. The Hall–Kier alpha value is -3.00. The van der Waals surface area contributed by atoms with Crippen molar-refractivity contribution in [3.63, 3.8) is 0 Å². The number of hydrogen-bond acceptors (Lipinski definition) is 7. The number of aliphatic imine (C=N–C) groups is 2. The van der Waals surface area contributed by atoms with Gasteiger partial charge in [-0.25, -0.2) is 14.8 Å². The Morgan fingerprint density at radius 2 is 2.03 bits per heavy atom. The zero-order valence-electron chi connectivity index (χ0n) is 16.2. The van der Waals surface area contributed by atoms with Crippen LogP contribution in [0, 0.1) is 0 Å². The first-order chi connectivity index (χ1) is 14.1. The summed E-state index contributed by atoms with van der Waals surface area (Å²) in [6.07, 6.45) is 4.10. The maximum absolute atomic E-state index is 12.3. The summed E-state index contributed by atoms with van der Waals surface area (Å²) in [6.45, 7) is 3.47. The largest absolute Gasteiger partial charge is 0.402 e. The fourth-order valence-corrected chi connectivity index (χ4v) is 3.96. The van der Waals surface area contributed by atoms with E-state index in [0.717, 1.165) is 47.6 Å². The number of esters is 1. The summed E-state index contributed by atoms with van der Waals surface area (Å²) in [4.78, 5) is 33.4. The van der Waals surface area contributed by atoms with E-state index in [1.165, 1.54) is 23.7 Å². The maximum Gasteiger partial charge on any atom is 0.363 e. The molecule has 0 aromatic heterocycles. The van der Waals surface area contributed by atoms with E-state index < -0.39 is 5.97 Å². The summed E-state index contributed by atoms with van der Waals surface area (Å²) < 4.78 is 5.34. The van der Waals surface area contributed by atoms with Gasteiger partial charge < -0.3 is 4.74 Å². The van der Waals surface area contributed by atoms with E-state index in [1.807, 2.05) is 37.3 Å². The third-order valence-electron chi connectivity index (χ3n) is 4.57. The molecule has 148 valence electrons. The van der Waals surface area contributed by atoms with E-state index in [0.29, 0.717) is 11.1 Å². The molecule has 0 saturated heterocycles. The molecule has 8 heteroatoms.